The normalized spacial score (nSPS) is 15.0. The summed E-state index contributed by atoms with van der Waals surface area (Å²) in [6.45, 7) is 4.03. The number of nitrogens with one attached hydrogen (secondary N) is 1. The molecule has 1 N–H and O–H groups in total. The van der Waals surface area contributed by atoms with Crippen molar-refractivity contribution >= 4 is 34.9 Å². The number of nitrogens with zero attached hydrogens (tertiary/aromatic N) is 1. The van der Waals surface area contributed by atoms with Crippen molar-refractivity contribution in [2.75, 3.05) is 20.3 Å². The lowest BCUT2D eigenvalue weighted by Gasteiger charge is -2.13. The van der Waals surface area contributed by atoms with Crippen LogP contribution in [0.15, 0.2) is 39.9 Å². The molecular formula is C21H22N2O6S. The van der Waals surface area contributed by atoms with Crippen LogP contribution in [-0.2, 0) is 16.1 Å². The van der Waals surface area contributed by atoms with Crippen LogP contribution >= 0.6 is 11.8 Å². The highest BCUT2D eigenvalue weighted by Crippen LogP contribution is 2.36. The maximum absolute atomic E-state index is 12.7. The van der Waals surface area contributed by atoms with Gasteiger partial charge in [-0.3, -0.25) is 19.3 Å². The van der Waals surface area contributed by atoms with E-state index in [9.17, 15) is 14.4 Å². The van der Waals surface area contributed by atoms with Crippen LogP contribution in [0, 0.1) is 6.92 Å². The van der Waals surface area contributed by atoms with E-state index in [0.29, 0.717) is 23.9 Å². The van der Waals surface area contributed by atoms with Gasteiger partial charge < -0.3 is 19.2 Å². The highest BCUT2D eigenvalue weighted by Gasteiger charge is 2.36. The summed E-state index contributed by atoms with van der Waals surface area (Å²) in [5.74, 6) is 0.763. The van der Waals surface area contributed by atoms with Crippen molar-refractivity contribution < 1.29 is 28.3 Å². The van der Waals surface area contributed by atoms with Gasteiger partial charge in [-0.25, -0.2) is 0 Å². The predicted octanol–water partition coefficient (Wildman–Crippen LogP) is 3.35. The third kappa shape index (κ3) is 4.85. The molecule has 158 valence electrons. The number of carbonyl (C=O) groups is 3. The second-order valence-corrected chi connectivity index (χ2v) is 7.41. The fourth-order valence-electron chi connectivity index (χ4n) is 2.84. The third-order valence-electron chi connectivity index (χ3n) is 4.35. The molecule has 0 radical (unpaired) electrons. The molecule has 0 bridgehead atoms. The van der Waals surface area contributed by atoms with E-state index in [1.54, 1.807) is 31.4 Å². The molecule has 9 heteroatoms. The van der Waals surface area contributed by atoms with Crippen LogP contribution < -0.4 is 14.8 Å². The Labute approximate surface area is 178 Å². The Balaban J connectivity index is 1.73. The lowest BCUT2D eigenvalue weighted by molar-refractivity contribution is -0.129. The van der Waals surface area contributed by atoms with E-state index >= 15 is 0 Å². The molecule has 1 aliphatic rings. The van der Waals surface area contributed by atoms with Crippen LogP contribution in [-0.4, -0.2) is 42.2 Å². The third-order valence-corrected chi connectivity index (χ3v) is 5.26. The van der Waals surface area contributed by atoms with Gasteiger partial charge in [-0.2, -0.15) is 0 Å². The van der Waals surface area contributed by atoms with Gasteiger partial charge in [0.05, 0.1) is 31.4 Å². The van der Waals surface area contributed by atoms with Gasteiger partial charge in [-0.15, -0.1) is 0 Å². The number of amides is 3. The van der Waals surface area contributed by atoms with Crippen molar-refractivity contribution in [3.8, 4) is 11.5 Å². The minimum absolute atomic E-state index is 0.184. The van der Waals surface area contributed by atoms with Crippen molar-refractivity contribution in [1.29, 1.82) is 0 Å². The van der Waals surface area contributed by atoms with Crippen LogP contribution in [0.25, 0.3) is 6.08 Å². The van der Waals surface area contributed by atoms with E-state index in [0.717, 1.165) is 27.8 Å². The number of methoxy groups -OCH3 is 1. The first-order valence-electron chi connectivity index (χ1n) is 9.28. The predicted molar refractivity (Wildman–Crippen MR) is 112 cm³/mol. The number of imide groups is 1. The Kier molecular flexibility index (Phi) is 6.83. The number of benzene rings is 1. The van der Waals surface area contributed by atoms with Crippen molar-refractivity contribution in [2.45, 2.75) is 20.4 Å². The number of rotatable bonds is 8. The molecular weight excluding hydrogens is 408 g/mol. The smallest absolute Gasteiger partial charge is 0.294 e. The molecule has 3 rings (SSSR count). The average molecular weight is 430 g/mol. The number of thioether (sulfide) groups is 1. The first-order valence-corrected chi connectivity index (χ1v) is 10.1. The van der Waals surface area contributed by atoms with Crippen molar-refractivity contribution in [3.05, 3.63) is 52.3 Å². The van der Waals surface area contributed by atoms with Gasteiger partial charge in [0.2, 0.25) is 5.91 Å². The van der Waals surface area contributed by atoms with Crippen LogP contribution in [0.3, 0.4) is 0 Å². The number of ether oxygens (including phenoxy) is 2. The first-order chi connectivity index (χ1) is 14.4. The van der Waals surface area contributed by atoms with Crippen molar-refractivity contribution in [1.82, 2.24) is 10.2 Å². The molecule has 1 aromatic carbocycles. The summed E-state index contributed by atoms with van der Waals surface area (Å²) in [7, 11) is 1.55. The van der Waals surface area contributed by atoms with Gasteiger partial charge in [-0.05, 0) is 67.1 Å². The van der Waals surface area contributed by atoms with E-state index in [-0.39, 0.29) is 18.0 Å². The fourth-order valence-corrected chi connectivity index (χ4v) is 3.67. The summed E-state index contributed by atoms with van der Waals surface area (Å²) >= 11 is 0.800. The summed E-state index contributed by atoms with van der Waals surface area (Å²) in [5.41, 5.74) is 1.59. The zero-order valence-corrected chi connectivity index (χ0v) is 17.7. The average Bonchev–Trinajstić information content (AvgIpc) is 3.33. The molecule has 3 amide bonds. The first kappa shape index (κ1) is 21.5. The number of hydrogen-bond acceptors (Lipinski definition) is 7. The molecule has 0 aliphatic carbocycles. The molecule has 1 saturated heterocycles. The molecule has 0 saturated carbocycles. The van der Waals surface area contributed by atoms with Crippen LogP contribution in [0.1, 0.15) is 23.8 Å². The van der Waals surface area contributed by atoms with E-state index in [2.05, 4.69) is 5.32 Å². The summed E-state index contributed by atoms with van der Waals surface area (Å²) in [6.07, 6.45) is 3.13. The summed E-state index contributed by atoms with van der Waals surface area (Å²) < 4.78 is 16.0. The summed E-state index contributed by atoms with van der Waals surface area (Å²) in [5, 5.41) is 2.13. The molecule has 0 atom stereocenters. The minimum atomic E-state index is -0.508. The molecule has 30 heavy (non-hydrogen) atoms. The molecule has 0 unspecified atom stereocenters. The number of furan rings is 1. The quantitative estimate of drug-likeness (QED) is 0.641. The molecule has 2 heterocycles. The number of aryl methyl sites for hydroxylation is 1. The largest absolute Gasteiger partial charge is 0.493 e. The second-order valence-electron chi connectivity index (χ2n) is 6.42. The van der Waals surface area contributed by atoms with Gasteiger partial charge in [0, 0.05) is 0 Å². The number of hydrogen-bond donors (Lipinski definition) is 1. The lowest BCUT2D eigenvalue weighted by Crippen LogP contribution is -2.39. The van der Waals surface area contributed by atoms with Crippen LogP contribution in [0.5, 0.6) is 11.5 Å². The molecule has 1 fully saturated rings. The monoisotopic (exact) mass is 430 g/mol. The zero-order valence-electron chi connectivity index (χ0n) is 16.9. The highest BCUT2D eigenvalue weighted by atomic mass is 32.2. The SMILES string of the molecule is CCOc1cc(/C=C2\SC(=O)N(CC(=O)NCc3ccco3)C2=O)c(C)cc1OC. The highest BCUT2D eigenvalue weighted by molar-refractivity contribution is 8.18. The fraction of sp³-hybridized carbons (Fsp3) is 0.286. The van der Waals surface area contributed by atoms with Gasteiger partial charge in [0.15, 0.2) is 11.5 Å². The molecule has 1 aliphatic heterocycles. The lowest BCUT2D eigenvalue weighted by atomic mass is 10.1. The summed E-state index contributed by atoms with van der Waals surface area (Å²) in [4.78, 5) is 38.3. The maximum Gasteiger partial charge on any atom is 0.294 e. The Morgan fingerprint density at radius 1 is 1.30 bits per heavy atom. The Morgan fingerprint density at radius 2 is 2.10 bits per heavy atom. The van der Waals surface area contributed by atoms with Gasteiger partial charge >= 0.3 is 0 Å². The molecule has 1 aromatic heterocycles. The van der Waals surface area contributed by atoms with Crippen molar-refractivity contribution in [2.24, 2.45) is 0 Å². The Bertz CT molecular complexity index is 984. The maximum atomic E-state index is 12.7. The van der Waals surface area contributed by atoms with E-state index in [4.69, 9.17) is 13.9 Å². The second kappa shape index (κ2) is 9.53. The molecule has 0 spiro atoms. The zero-order chi connectivity index (χ0) is 21.7. The molecule has 8 nitrogen and oxygen atoms in total. The number of carbonyl (C=O) groups excluding carboxylic acids is 3. The summed E-state index contributed by atoms with van der Waals surface area (Å²) in [6, 6.07) is 7.00. The topological polar surface area (TPSA) is 98.1 Å². The van der Waals surface area contributed by atoms with Gasteiger partial charge in [-0.1, -0.05) is 0 Å². The van der Waals surface area contributed by atoms with E-state index in [1.807, 2.05) is 19.9 Å². The van der Waals surface area contributed by atoms with Crippen LogP contribution in [0.2, 0.25) is 0 Å². The Morgan fingerprint density at radius 3 is 2.77 bits per heavy atom. The van der Waals surface area contributed by atoms with E-state index in [1.165, 1.54) is 6.26 Å². The van der Waals surface area contributed by atoms with Crippen molar-refractivity contribution in [3.63, 3.8) is 0 Å². The van der Waals surface area contributed by atoms with Gasteiger partial charge in [0.25, 0.3) is 11.1 Å². The van der Waals surface area contributed by atoms with E-state index < -0.39 is 17.1 Å². The van der Waals surface area contributed by atoms with Crippen LogP contribution in [0.4, 0.5) is 4.79 Å². The van der Waals surface area contributed by atoms with Gasteiger partial charge in [0.1, 0.15) is 12.3 Å². The Hall–Kier alpha value is -3.20. The molecule has 2 aromatic rings. The standard InChI is InChI=1S/C21H22N2O6S/c1-4-28-17-9-14(13(2)8-16(17)27-3)10-18-20(25)23(21(26)30-18)12-19(24)22-11-15-6-5-7-29-15/h5-10H,4,11-12H2,1-3H3,(H,22,24)/b18-10-. The minimum Gasteiger partial charge on any atom is -0.493 e.